The Morgan fingerprint density at radius 1 is 1.27 bits per heavy atom. The van der Waals surface area contributed by atoms with Gasteiger partial charge in [0.15, 0.2) is 11.5 Å². The van der Waals surface area contributed by atoms with Crippen LogP contribution in [0.5, 0.6) is 0 Å². The summed E-state index contributed by atoms with van der Waals surface area (Å²) in [6.45, 7) is 15.0. The third-order valence-corrected chi connectivity index (χ3v) is 5.54. The van der Waals surface area contributed by atoms with Gasteiger partial charge in [-0.3, -0.25) is 9.69 Å². The molecule has 1 unspecified atom stereocenters. The van der Waals surface area contributed by atoms with E-state index < -0.39 is 0 Å². The maximum Gasteiger partial charge on any atom is 0.274 e. The molecule has 2 saturated heterocycles. The van der Waals surface area contributed by atoms with Crippen LogP contribution in [0.1, 0.15) is 44.6 Å². The first-order valence-electron chi connectivity index (χ1n) is 9.80. The molecule has 3 heterocycles. The minimum atomic E-state index is -0.0593. The highest BCUT2D eigenvalue weighted by atomic mass is 16.2. The maximum absolute atomic E-state index is 12.7. The molecular weight excluding hydrogens is 328 g/mol. The van der Waals surface area contributed by atoms with Gasteiger partial charge in [-0.1, -0.05) is 13.8 Å². The Bertz CT molecular complexity index is 613. The van der Waals surface area contributed by atoms with E-state index in [1.165, 1.54) is 0 Å². The molecule has 2 fully saturated rings. The van der Waals surface area contributed by atoms with Crippen LogP contribution in [0.15, 0.2) is 12.1 Å². The second-order valence-corrected chi connectivity index (χ2v) is 7.92. The van der Waals surface area contributed by atoms with E-state index in [2.05, 4.69) is 53.0 Å². The topological polar surface area (TPSA) is 64.6 Å². The standard InChI is InChI=1S/C19H32N6O/c1-5-23(6-2)15-9-11-24(13-15)17-8-7-16(21-22-17)18(26)25-12-10-20-19(3,4)14-25/h7-8,15,20H,5-6,9-14H2,1-4H3. The molecule has 26 heavy (non-hydrogen) atoms. The Morgan fingerprint density at radius 3 is 2.65 bits per heavy atom. The van der Waals surface area contributed by atoms with Crippen LogP contribution < -0.4 is 10.2 Å². The third kappa shape index (κ3) is 4.15. The molecule has 1 atom stereocenters. The summed E-state index contributed by atoms with van der Waals surface area (Å²) in [5, 5.41) is 12.0. The summed E-state index contributed by atoms with van der Waals surface area (Å²) in [4.78, 5) is 19.4. The van der Waals surface area contributed by atoms with Gasteiger partial charge in [0.25, 0.3) is 5.91 Å². The highest BCUT2D eigenvalue weighted by Crippen LogP contribution is 2.21. The summed E-state index contributed by atoms with van der Waals surface area (Å²) in [5.74, 6) is 0.845. The summed E-state index contributed by atoms with van der Waals surface area (Å²) < 4.78 is 0. The predicted octanol–water partition coefficient (Wildman–Crippen LogP) is 1.22. The fraction of sp³-hybridized carbons (Fsp3) is 0.737. The Morgan fingerprint density at radius 2 is 2.04 bits per heavy atom. The second kappa shape index (κ2) is 7.88. The van der Waals surface area contributed by atoms with Gasteiger partial charge in [-0.2, -0.15) is 0 Å². The molecule has 0 bridgehead atoms. The van der Waals surface area contributed by atoms with Crippen LogP contribution in [-0.4, -0.2) is 83.3 Å². The SMILES string of the molecule is CCN(CC)C1CCN(c2ccc(C(=O)N3CCNC(C)(C)C3)nn2)C1. The molecule has 7 nitrogen and oxygen atoms in total. The number of anilines is 1. The molecule has 0 aliphatic carbocycles. The van der Waals surface area contributed by atoms with Crippen molar-refractivity contribution >= 4 is 11.7 Å². The van der Waals surface area contributed by atoms with Crippen LogP contribution in [0, 0.1) is 0 Å². The van der Waals surface area contributed by atoms with Crippen molar-refractivity contribution in [1.82, 2.24) is 25.3 Å². The molecule has 1 N–H and O–H groups in total. The van der Waals surface area contributed by atoms with Crippen molar-refractivity contribution < 1.29 is 4.79 Å². The van der Waals surface area contributed by atoms with Crippen LogP contribution >= 0.6 is 0 Å². The molecule has 3 rings (SSSR count). The Balaban J connectivity index is 1.63. The van der Waals surface area contributed by atoms with Crippen molar-refractivity contribution in [1.29, 1.82) is 0 Å². The molecule has 0 aromatic carbocycles. The zero-order chi connectivity index (χ0) is 18.7. The molecular formula is C19H32N6O. The quantitative estimate of drug-likeness (QED) is 0.852. The normalized spacial score (nSPS) is 22.9. The summed E-state index contributed by atoms with van der Waals surface area (Å²) in [6.07, 6.45) is 1.15. The number of hydrogen-bond acceptors (Lipinski definition) is 6. The van der Waals surface area contributed by atoms with Gasteiger partial charge in [-0.05, 0) is 45.5 Å². The highest BCUT2D eigenvalue weighted by molar-refractivity contribution is 5.92. The van der Waals surface area contributed by atoms with Crippen molar-refractivity contribution in [3.63, 3.8) is 0 Å². The van der Waals surface area contributed by atoms with E-state index in [-0.39, 0.29) is 11.4 Å². The Hall–Kier alpha value is -1.73. The van der Waals surface area contributed by atoms with Gasteiger partial charge < -0.3 is 15.1 Å². The number of nitrogens with one attached hydrogen (secondary N) is 1. The zero-order valence-electron chi connectivity index (χ0n) is 16.5. The number of carbonyl (C=O) groups is 1. The van der Waals surface area contributed by atoms with E-state index in [9.17, 15) is 4.79 Å². The molecule has 1 aromatic rings. The number of nitrogens with zero attached hydrogens (tertiary/aromatic N) is 5. The van der Waals surface area contributed by atoms with Gasteiger partial charge >= 0.3 is 0 Å². The van der Waals surface area contributed by atoms with Crippen LogP contribution in [0.2, 0.25) is 0 Å². The molecule has 1 aromatic heterocycles. The van der Waals surface area contributed by atoms with E-state index in [0.717, 1.165) is 45.0 Å². The van der Waals surface area contributed by atoms with E-state index in [1.807, 2.05) is 17.0 Å². The lowest BCUT2D eigenvalue weighted by molar-refractivity contribution is 0.0645. The number of aromatic nitrogens is 2. The van der Waals surface area contributed by atoms with Crippen molar-refractivity contribution in [2.75, 3.05) is 50.7 Å². The lowest BCUT2D eigenvalue weighted by atomic mass is 10.0. The minimum absolute atomic E-state index is 0.0268. The van der Waals surface area contributed by atoms with Crippen LogP contribution in [-0.2, 0) is 0 Å². The summed E-state index contributed by atoms with van der Waals surface area (Å²) in [6, 6.07) is 4.35. The molecule has 2 aliphatic heterocycles. The molecule has 2 aliphatic rings. The average molecular weight is 361 g/mol. The van der Waals surface area contributed by atoms with Crippen molar-refractivity contribution in [2.24, 2.45) is 0 Å². The van der Waals surface area contributed by atoms with Gasteiger partial charge in [0, 0.05) is 44.3 Å². The fourth-order valence-corrected chi connectivity index (χ4v) is 4.07. The first-order chi connectivity index (χ1) is 12.4. The second-order valence-electron chi connectivity index (χ2n) is 7.92. The van der Waals surface area contributed by atoms with E-state index >= 15 is 0 Å². The maximum atomic E-state index is 12.7. The van der Waals surface area contributed by atoms with Gasteiger partial charge in [-0.15, -0.1) is 10.2 Å². The number of piperazine rings is 1. The van der Waals surface area contributed by atoms with Crippen LogP contribution in [0.4, 0.5) is 5.82 Å². The molecule has 1 amide bonds. The molecule has 0 spiro atoms. The summed E-state index contributed by atoms with van der Waals surface area (Å²) in [7, 11) is 0. The van der Waals surface area contributed by atoms with Crippen molar-refractivity contribution in [3.05, 3.63) is 17.8 Å². The van der Waals surface area contributed by atoms with E-state index in [4.69, 9.17) is 0 Å². The number of likely N-dealkylation sites (N-methyl/N-ethyl adjacent to an activating group) is 1. The Labute approximate surface area is 156 Å². The van der Waals surface area contributed by atoms with Gasteiger partial charge in [0.1, 0.15) is 0 Å². The van der Waals surface area contributed by atoms with Crippen LogP contribution in [0.25, 0.3) is 0 Å². The minimum Gasteiger partial charge on any atom is -0.354 e. The number of amides is 1. The first kappa shape index (κ1) is 19.0. The summed E-state index contributed by atoms with van der Waals surface area (Å²) in [5.41, 5.74) is 0.377. The lowest BCUT2D eigenvalue weighted by Crippen LogP contribution is -2.58. The fourth-order valence-electron chi connectivity index (χ4n) is 4.07. The Kier molecular flexibility index (Phi) is 5.77. The number of hydrogen-bond donors (Lipinski definition) is 1. The zero-order valence-corrected chi connectivity index (χ0v) is 16.5. The van der Waals surface area contributed by atoms with Crippen LogP contribution in [0.3, 0.4) is 0 Å². The molecule has 7 heteroatoms. The molecule has 0 saturated carbocycles. The largest absolute Gasteiger partial charge is 0.354 e. The van der Waals surface area contributed by atoms with E-state index in [1.54, 1.807) is 0 Å². The molecule has 144 valence electrons. The van der Waals surface area contributed by atoms with Gasteiger partial charge in [-0.25, -0.2) is 0 Å². The summed E-state index contributed by atoms with van der Waals surface area (Å²) >= 11 is 0. The molecule has 0 radical (unpaired) electrons. The van der Waals surface area contributed by atoms with Crippen molar-refractivity contribution in [2.45, 2.75) is 45.7 Å². The van der Waals surface area contributed by atoms with Gasteiger partial charge in [0.2, 0.25) is 0 Å². The smallest absolute Gasteiger partial charge is 0.274 e. The highest BCUT2D eigenvalue weighted by Gasteiger charge is 2.30. The van der Waals surface area contributed by atoms with Crippen molar-refractivity contribution in [3.8, 4) is 0 Å². The first-order valence-corrected chi connectivity index (χ1v) is 9.80. The number of rotatable bonds is 5. The number of carbonyl (C=O) groups excluding carboxylic acids is 1. The predicted molar refractivity (Wildman–Crippen MR) is 104 cm³/mol. The lowest BCUT2D eigenvalue weighted by Gasteiger charge is -2.38. The third-order valence-electron chi connectivity index (χ3n) is 5.54. The average Bonchev–Trinajstić information content (AvgIpc) is 3.11. The van der Waals surface area contributed by atoms with E-state index in [0.29, 0.717) is 24.8 Å². The monoisotopic (exact) mass is 360 g/mol. The van der Waals surface area contributed by atoms with Gasteiger partial charge in [0.05, 0.1) is 0 Å².